The molecule has 1 aliphatic rings. The Labute approximate surface area is 424 Å². The minimum Gasteiger partial charge on any atom is -0.477 e. The van der Waals surface area contributed by atoms with Crippen molar-refractivity contribution in [2.24, 2.45) is 34.4 Å². The molecule has 8 atom stereocenters. The molecular formula is C46H78N16O11. The number of guanidine groups is 1. The lowest BCUT2D eigenvalue weighted by Gasteiger charge is -2.30. The second kappa shape index (κ2) is 33.8. The molecule has 0 bridgehead atoms. The molecule has 0 spiro atoms. The molecule has 0 aromatic heterocycles. The van der Waals surface area contributed by atoms with Gasteiger partial charge in [0, 0.05) is 26.1 Å². The van der Waals surface area contributed by atoms with E-state index in [1.807, 2.05) is 0 Å². The molecule has 2 rings (SSSR count). The largest absolute Gasteiger partial charge is 0.477 e. The molecule has 1 aliphatic heterocycles. The summed E-state index contributed by atoms with van der Waals surface area (Å²) in [7, 11) is 0. The van der Waals surface area contributed by atoms with E-state index in [0.29, 0.717) is 44.2 Å². The van der Waals surface area contributed by atoms with Crippen molar-refractivity contribution in [3.63, 3.8) is 0 Å². The molecular weight excluding hydrogens is 953 g/mol. The zero-order chi connectivity index (χ0) is 54.5. The molecule has 0 aliphatic carbocycles. The van der Waals surface area contributed by atoms with Crippen LogP contribution >= 0.6 is 0 Å². The highest BCUT2D eigenvalue weighted by molar-refractivity contribution is 5.99. The number of benzene rings is 1. The number of likely N-dealkylation sites (tertiary alicyclic amines) is 1. The summed E-state index contributed by atoms with van der Waals surface area (Å²) in [5, 5.41) is 47.5. The SMILES string of the molecule is CC(NC(=O)[C@@H](NC(=O)C(N)CCCCN)[C@@H](O)CN)C(=O)NCC(=O)N[C@H](CCCN)C(=O)N1CCC[C@H]1C(=O)NC(Cc1ccccc1)C(=O)N[C@@H](CCCCN)C(=O)N/C(=C\CCNC(=N)N)C(=O)O. The number of hydrogen-bond acceptors (Lipinski definition) is 16. The normalized spacial score (nSPS) is 16.2. The van der Waals surface area contributed by atoms with Crippen molar-refractivity contribution in [2.75, 3.05) is 45.8 Å². The number of nitrogens with zero attached hydrogens (tertiary/aromatic N) is 1. The van der Waals surface area contributed by atoms with Gasteiger partial charge in [0.05, 0.1) is 18.7 Å². The Bertz CT molecular complexity index is 2030. The van der Waals surface area contributed by atoms with Crippen molar-refractivity contribution < 1.29 is 53.4 Å². The van der Waals surface area contributed by atoms with Gasteiger partial charge in [-0.3, -0.25) is 43.8 Å². The summed E-state index contributed by atoms with van der Waals surface area (Å²) in [6, 6.07) is -0.0105. The maximum atomic E-state index is 14.2. The van der Waals surface area contributed by atoms with E-state index in [1.54, 1.807) is 30.3 Å². The average molecular weight is 1030 g/mol. The number of amides is 8. The van der Waals surface area contributed by atoms with Gasteiger partial charge in [0.2, 0.25) is 47.3 Å². The number of rotatable bonds is 34. The maximum Gasteiger partial charge on any atom is 0.352 e. The van der Waals surface area contributed by atoms with Crippen LogP contribution in [-0.4, -0.2) is 169 Å². The first kappa shape index (κ1) is 62.3. The van der Waals surface area contributed by atoms with E-state index in [-0.39, 0.29) is 77.1 Å². The Morgan fingerprint density at radius 3 is 2.01 bits per heavy atom. The average Bonchev–Trinajstić information content (AvgIpc) is 3.86. The van der Waals surface area contributed by atoms with Crippen molar-refractivity contribution in [2.45, 2.75) is 132 Å². The molecule has 0 saturated carbocycles. The molecule has 27 nitrogen and oxygen atoms in total. The van der Waals surface area contributed by atoms with E-state index >= 15 is 0 Å². The molecule has 408 valence electrons. The number of hydrogen-bond donors (Lipinski definition) is 17. The predicted molar refractivity (Wildman–Crippen MR) is 269 cm³/mol. The number of aliphatic hydroxyl groups excluding tert-OH is 1. The van der Waals surface area contributed by atoms with E-state index in [0.717, 1.165) is 0 Å². The lowest BCUT2D eigenvalue weighted by molar-refractivity contribution is -0.142. The van der Waals surface area contributed by atoms with Crippen molar-refractivity contribution >= 4 is 59.2 Å². The standard InChI is InChI=1S/C46H78N16O11/c1-27(56-43(70)37(35(63)25-50)61-39(66)29(51)14-5-7-19-47)38(65)55-26-36(64)57-31(16-9-21-49)44(71)62-23-11-18-34(62)42(69)60-33(24-28-12-3-2-4-13-28)41(68)58-30(15-6-8-20-48)40(67)59-32(45(72)73)17-10-22-54-46(52)53/h2-4,12-13,17,27,29-31,33-35,37,63H,5-11,14-16,18-26,47-51H2,1H3,(H,55,65)(H,56,70)(H,57,64)(H,58,68)(H,59,67)(H,60,69)(H,61,66)(H,72,73)(H4,52,53,54)/b32-17-/t27?,29?,30-,31+,33?,34-,35-,37-/m0/s1. The third-order valence-corrected chi connectivity index (χ3v) is 11.6. The van der Waals surface area contributed by atoms with Gasteiger partial charge in [0.1, 0.15) is 41.9 Å². The first-order chi connectivity index (χ1) is 34.8. The van der Waals surface area contributed by atoms with Gasteiger partial charge in [-0.25, -0.2) is 4.79 Å². The number of nitrogens with two attached hydrogens (primary N) is 6. The number of aliphatic carboxylic acids is 1. The predicted octanol–water partition coefficient (Wildman–Crippen LogP) is -5.62. The number of carboxylic acids is 1. The van der Waals surface area contributed by atoms with E-state index in [2.05, 4.69) is 42.5 Å². The van der Waals surface area contributed by atoms with Crippen LogP contribution in [0.15, 0.2) is 42.1 Å². The fourth-order valence-electron chi connectivity index (χ4n) is 7.59. The quantitative estimate of drug-likeness (QED) is 0.0132. The zero-order valence-corrected chi connectivity index (χ0v) is 41.5. The van der Waals surface area contributed by atoms with Crippen LogP contribution in [0.5, 0.6) is 0 Å². The van der Waals surface area contributed by atoms with Crippen LogP contribution < -0.4 is 76.9 Å². The Balaban J connectivity index is 2.22. The Morgan fingerprint density at radius 2 is 1.40 bits per heavy atom. The van der Waals surface area contributed by atoms with Crippen LogP contribution in [0.4, 0.5) is 0 Å². The minimum absolute atomic E-state index is 0.0414. The number of nitrogens with one attached hydrogen (secondary N) is 9. The summed E-state index contributed by atoms with van der Waals surface area (Å²) < 4.78 is 0. The summed E-state index contributed by atoms with van der Waals surface area (Å²) in [6.07, 6.45) is 3.02. The molecule has 27 heteroatoms. The van der Waals surface area contributed by atoms with Gasteiger partial charge in [-0.15, -0.1) is 0 Å². The smallest absolute Gasteiger partial charge is 0.352 e. The van der Waals surface area contributed by atoms with Crippen LogP contribution in [0.25, 0.3) is 0 Å². The monoisotopic (exact) mass is 1030 g/mol. The minimum atomic E-state index is -1.56. The summed E-state index contributed by atoms with van der Waals surface area (Å²) in [5.74, 6) is -8.00. The summed E-state index contributed by atoms with van der Waals surface area (Å²) in [6.45, 7) is 1.29. The highest BCUT2D eigenvalue weighted by Crippen LogP contribution is 2.20. The van der Waals surface area contributed by atoms with Crippen LogP contribution in [0.3, 0.4) is 0 Å². The number of carbonyl (C=O) groups excluding carboxylic acids is 8. The van der Waals surface area contributed by atoms with E-state index in [9.17, 15) is 53.4 Å². The molecule has 0 radical (unpaired) electrons. The van der Waals surface area contributed by atoms with Gasteiger partial charge >= 0.3 is 5.97 Å². The molecule has 1 heterocycles. The Hall–Kier alpha value is -6.78. The lowest BCUT2D eigenvalue weighted by Crippen LogP contribution is -2.60. The number of aliphatic hydroxyl groups is 1. The van der Waals surface area contributed by atoms with Gasteiger partial charge in [-0.2, -0.15) is 0 Å². The highest BCUT2D eigenvalue weighted by Gasteiger charge is 2.39. The Kier molecular flexibility index (Phi) is 28.9. The van der Waals surface area contributed by atoms with Gasteiger partial charge in [0.25, 0.3) is 0 Å². The number of carbonyl (C=O) groups is 9. The summed E-state index contributed by atoms with van der Waals surface area (Å²) in [4.78, 5) is 122. The van der Waals surface area contributed by atoms with Gasteiger partial charge < -0.3 is 92.0 Å². The molecule has 1 aromatic rings. The third kappa shape index (κ3) is 22.7. The van der Waals surface area contributed by atoms with E-state index in [4.69, 9.17) is 39.8 Å². The Morgan fingerprint density at radius 1 is 0.753 bits per heavy atom. The maximum absolute atomic E-state index is 14.2. The van der Waals surface area contributed by atoms with Crippen LogP contribution in [-0.2, 0) is 49.6 Å². The fourth-order valence-corrected chi connectivity index (χ4v) is 7.59. The molecule has 3 unspecified atom stereocenters. The summed E-state index contributed by atoms with van der Waals surface area (Å²) >= 11 is 0. The highest BCUT2D eigenvalue weighted by atomic mass is 16.4. The zero-order valence-electron chi connectivity index (χ0n) is 41.5. The van der Waals surface area contributed by atoms with Crippen molar-refractivity contribution in [1.29, 1.82) is 5.41 Å². The van der Waals surface area contributed by atoms with Crippen molar-refractivity contribution in [3.05, 3.63) is 47.7 Å². The summed E-state index contributed by atoms with van der Waals surface area (Å²) in [5.41, 5.74) is 33.9. The second-order valence-corrected chi connectivity index (χ2v) is 17.5. The van der Waals surface area contributed by atoms with Gasteiger partial charge in [0.15, 0.2) is 5.96 Å². The van der Waals surface area contributed by atoms with Crippen LogP contribution in [0.1, 0.15) is 83.1 Å². The van der Waals surface area contributed by atoms with E-state index < -0.39 is 120 Å². The number of unbranched alkanes of at least 4 members (excludes halogenated alkanes) is 2. The molecule has 23 N–H and O–H groups in total. The molecule has 73 heavy (non-hydrogen) atoms. The van der Waals surface area contributed by atoms with Crippen molar-refractivity contribution in [1.82, 2.24) is 47.4 Å². The van der Waals surface area contributed by atoms with Gasteiger partial charge in [-0.1, -0.05) is 42.8 Å². The van der Waals surface area contributed by atoms with Crippen LogP contribution in [0, 0.1) is 5.41 Å². The fraction of sp³-hybridized carbons (Fsp3) is 0.609. The first-order valence-corrected chi connectivity index (χ1v) is 24.5. The molecule has 1 saturated heterocycles. The first-order valence-electron chi connectivity index (χ1n) is 24.5. The third-order valence-electron chi connectivity index (χ3n) is 11.6. The molecule has 1 fully saturated rings. The number of carboxylic acid groups (broad SMARTS) is 1. The van der Waals surface area contributed by atoms with Gasteiger partial charge in [-0.05, 0) is 96.3 Å². The molecule has 8 amide bonds. The molecule has 1 aromatic carbocycles. The van der Waals surface area contributed by atoms with Crippen LogP contribution in [0.2, 0.25) is 0 Å². The lowest BCUT2D eigenvalue weighted by atomic mass is 10.0. The topological polar surface area (TPSA) is 474 Å². The van der Waals surface area contributed by atoms with Crippen molar-refractivity contribution in [3.8, 4) is 0 Å². The van der Waals surface area contributed by atoms with E-state index in [1.165, 1.54) is 17.9 Å². The second-order valence-electron chi connectivity index (χ2n) is 17.5.